The van der Waals surface area contributed by atoms with E-state index in [-0.39, 0.29) is 12.5 Å². The second-order valence-corrected chi connectivity index (χ2v) is 8.36. The molecule has 4 rings (SSSR count). The largest absolute Gasteiger partial charge is 0.493 e. The molecule has 3 aromatic rings. The summed E-state index contributed by atoms with van der Waals surface area (Å²) >= 11 is 6.02. The molecule has 0 bridgehead atoms. The van der Waals surface area contributed by atoms with E-state index in [9.17, 15) is 9.90 Å². The number of hydrogen-bond acceptors (Lipinski definition) is 5. The molecule has 2 aromatic carbocycles. The van der Waals surface area contributed by atoms with Gasteiger partial charge in [-0.15, -0.1) is 10.2 Å². The summed E-state index contributed by atoms with van der Waals surface area (Å²) in [5.74, 6) is 0.0795. The van der Waals surface area contributed by atoms with Gasteiger partial charge in [0, 0.05) is 10.4 Å². The standard InChI is InChI=1S/C24H27ClN4O3/c1-2-17-14-18(25)10-11-21(17)32-15-22(30)26-27-23-19-8-4-5-9-20(19)29(24(23)31)16-28-12-6-3-7-13-28/h4-5,8-11,14,31H,2-3,6-7,12-13,15-16H2,1H3. The van der Waals surface area contributed by atoms with Crippen molar-refractivity contribution in [3.63, 3.8) is 0 Å². The number of aromatic nitrogens is 1. The third-order valence-corrected chi connectivity index (χ3v) is 5.96. The van der Waals surface area contributed by atoms with E-state index in [1.807, 2.05) is 41.8 Å². The van der Waals surface area contributed by atoms with Crippen molar-refractivity contribution < 1.29 is 14.6 Å². The van der Waals surface area contributed by atoms with Crippen LogP contribution in [0.5, 0.6) is 11.6 Å². The maximum absolute atomic E-state index is 12.3. The molecule has 2 heterocycles. The molecule has 1 aliphatic rings. The van der Waals surface area contributed by atoms with Crippen LogP contribution in [-0.2, 0) is 17.9 Å². The number of para-hydroxylation sites is 1. The number of nitrogens with zero attached hydrogens (tertiary/aromatic N) is 4. The molecule has 7 nitrogen and oxygen atoms in total. The molecule has 1 saturated heterocycles. The first-order chi connectivity index (χ1) is 15.6. The minimum atomic E-state index is -0.533. The van der Waals surface area contributed by atoms with Gasteiger partial charge in [-0.05, 0) is 62.2 Å². The minimum absolute atomic E-state index is 0.0141. The van der Waals surface area contributed by atoms with Crippen LogP contribution in [0.2, 0.25) is 5.02 Å². The lowest BCUT2D eigenvalue weighted by Gasteiger charge is -2.27. The van der Waals surface area contributed by atoms with Crippen molar-refractivity contribution in [2.75, 3.05) is 19.7 Å². The zero-order valence-electron chi connectivity index (χ0n) is 18.1. The summed E-state index contributed by atoms with van der Waals surface area (Å²) in [6, 6.07) is 12.9. The zero-order chi connectivity index (χ0) is 22.5. The topological polar surface area (TPSA) is 79.4 Å². The average molecular weight is 455 g/mol. The van der Waals surface area contributed by atoms with Crippen molar-refractivity contribution in [2.45, 2.75) is 39.3 Å². The maximum Gasteiger partial charge on any atom is 0.302 e. The molecule has 168 valence electrons. The van der Waals surface area contributed by atoms with Gasteiger partial charge in [0.05, 0.1) is 12.2 Å². The Balaban J connectivity index is 1.51. The molecule has 0 saturated carbocycles. The van der Waals surface area contributed by atoms with E-state index in [4.69, 9.17) is 16.3 Å². The number of amides is 1. The number of hydrogen-bond donors (Lipinski definition) is 1. The fourth-order valence-corrected chi connectivity index (χ4v) is 4.25. The van der Waals surface area contributed by atoms with Crippen LogP contribution >= 0.6 is 11.6 Å². The lowest BCUT2D eigenvalue weighted by atomic mass is 10.1. The summed E-state index contributed by atoms with van der Waals surface area (Å²) in [4.78, 5) is 14.6. The van der Waals surface area contributed by atoms with Crippen LogP contribution in [0, 0.1) is 0 Å². The number of fused-ring (bicyclic) bond motifs is 1. The van der Waals surface area contributed by atoms with Crippen LogP contribution in [-0.4, -0.2) is 40.2 Å². The number of aromatic hydroxyl groups is 1. The number of likely N-dealkylation sites (tertiary alicyclic amines) is 1. The van der Waals surface area contributed by atoms with Gasteiger partial charge in [-0.1, -0.05) is 43.1 Å². The number of piperidine rings is 1. The molecule has 1 amide bonds. The van der Waals surface area contributed by atoms with Crippen LogP contribution < -0.4 is 4.74 Å². The Morgan fingerprint density at radius 2 is 1.94 bits per heavy atom. The Labute approximate surface area is 192 Å². The van der Waals surface area contributed by atoms with Gasteiger partial charge in [0.1, 0.15) is 5.75 Å². The van der Waals surface area contributed by atoms with Crippen LogP contribution in [0.25, 0.3) is 10.9 Å². The minimum Gasteiger partial charge on any atom is -0.493 e. The summed E-state index contributed by atoms with van der Waals surface area (Å²) in [5.41, 5.74) is 2.08. The van der Waals surface area contributed by atoms with Crippen LogP contribution in [0.1, 0.15) is 31.7 Å². The predicted octanol–water partition coefficient (Wildman–Crippen LogP) is 5.70. The number of aryl methyl sites for hydroxylation is 1. The lowest BCUT2D eigenvalue weighted by molar-refractivity contribution is -0.120. The molecule has 32 heavy (non-hydrogen) atoms. The Morgan fingerprint density at radius 1 is 1.16 bits per heavy atom. The highest BCUT2D eigenvalue weighted by molar-refractivity contribution is 6.30. The van der Waals surface area contributed by atoms with E-state index in [1.54, 1.807) is 12.1 Å². The molecule has 0 unspecified atom stereocenters. The highest BCUT2D eigenvalue weighted by Crippen LogP contribution is 2.39. The van der Waals surface area contributed by atoms with Crippen molar-refractivity contribution in [1.82, 2.24) is 9.47 Å². The highest BCUT2D eigenvalue weighted by atomic mass is 35.5. The molecular formula is C24H27ClN4O3. The van der Waals surface area contributed by atoms with Crippen LogP contribution in [0.3, 0.4) is 0 Å². The summed E-state index contributed by atoms with van der Waals surface area (Å²) in [6.45, 7) is 4.33. The number of azo groups is 1. The molecule has 1 N–H and O–H groups in total. The maximum atomic E-state index is 12.3. The van der Waals surface area contributed by atoms with Crippen molar-refractivity contribution in [1.29, 1.82) is 0 Å². The van der Waals surface area contributed by atoms with Crippen LogP contribution in [0.15, 0.2) is 52.7 Å². The monoisotopic (exact) mass is 454 g/mol. The quantitative estimate of drug-likeness (QED) is 0.464. The fourth-order valence-electron chi connectivity index (χ4n) is 4.05. The second-order valence-electron chi connectivity index (χ2n) is 7.93. The van der Waals surface area contributed by atoms with Crippen molar-refractivity contribution in [3.05, 3.63) is 53.1 Å². The fraction of sp³-hybridized carbons (Fsp3) is 0.375. The SMILES string of the molecule is CCc1cc(Cl)ccc1OCC(=O)N=Nc1c(O)n(CN2CCCCC2)c2ccccc12. The molecule has 8 heteroatoms. The molecular weight excluding hydrogens is 428 g/mol. The molecule has 0 spiro atoms. The Morgan fingerprint density at radius 3 is 2.72 bits per heavy atom. The summed E-state index contributed by atoms with van der Waals surface area (Å²) in [6.07, 6.45) is 4.30. The molecule has 0 aliphatic carbocycles. The van der Waals surface area contributed by atoms with Crippen molar-refractivity contribution in [2.24, 2.45) is 10.2 Å². The zero-order valence-corrected chi connectivity index (χ0v) is 18.9. The molecule has 0 atom stereocenters. The van der Waals surface area contributed by atoms with Gasteiger partial charge in [-0.25, -0.2) is 0 Å². The van der Waals surface area contributed by atoms with E-state index in [1.165, 1.54) is 6.42 Å². The second kappa shape index (κ2) is 10.1. The summed E-state index contributed by atoms with van der Waals surface area (Å²) < 4.78 is 7.45. The van der Waals surface area contributed by atoms with Gasteiger partial charge >= 0.3 is 5.91 Å². The Bertz CT molecular complexity index is 1140. The molecule has 1 aliphatic heterocycles. The van der Waals surface area contributed by atoms with E-state index in [2.05, 4.69) is 15.1 Å². The van der Waals surface area contributed by atoms with Gasteiger partial charge in [-0.3, -0.25) is 14.3 Å². The van der Waals surface area contributed by atoms with Gasteiger partial charge in [0.25, 0.3) is 0 Å². The van der Waals surface area contributed by atoms with Crippen LogP contribution in [0.4, 0.5) is 5.69 Å². The lowest BCUT2D eigenvalue weighted by Crippen LogP contribution is -2.31. The van der Waals surface area contributed by atoms with E-state index >= 15 is 0 Å². The number of rotatable bonds is 7. The van der Waals surface area contributed by atoms with E-state index in [0.29, 0.717) is 23.1 Å². The molecule has 1 fully saturated rings. The third-order valence-electron chi connectivity index (χ3n) is 5.72. The predicted molar refractivity (Wildman–Crippen MR) is 125 cm³/mol. The smallest absolute Gasteiger partial charge is 0.302 e. The summed E-state index contributed by atoms with van der Waals surface area (Å²) in [7, 11) is 0. The Kier molecular flexibility index (Phi) is 7.07. The van der Waals surface area contributed by atoms with Gasteiger partial charge in [-0.2, -0.15) is 0 Å². The first-order valence-corrected chi connectivity index (χ1v) is 11.3. The number of carbonyl (C=O) groups is 1. The van der Waals surface area contributed by atoms with Crippen molar-refractivity contribution in [3.8, 4) is 11.6 Å². The number of carbonyl (C=O) groups excluding carboxylic acids is 1. The first-order valence-electron chi connectivity index (χ1n) is 10.9. The third kappa shape index (κ3) is 4.95. The van der Waals surface area contributed by atoms with E-state index < -0.39 is 5.91 Å². The molecule has 0 radical (unpaired) electrons. The van der Waals surface area contributed by atoms with E-state index in [0.717, 1.165) is 48.8 Å². The number of benzene rings is 2. The highest BCUT2D eigenvalue weighted by Gasteiger charge is 2.19. The van der Waals surface area contributed by atoms with Gasteiger partial charge < -0.3 is 9.84 Å². The van der Waals surface area contributed by atoms with Gasteiger partial charge in [0.2, 0.25) is 5.88 Å². The van der Waals surface area contributed by atoms with Crippen molar-refractivity contribution >= 4 is 34.1 Å². The first kappa shape index (κ1) is 22.3. The normalized spacial score (nSPS) is 14.9. The number of ether oxygens (including phenoxy) is 1. The number of halogens is 1. The summed E-state index contributed by atoms with van der Waals surface area (Å²) in [5, 5.41) is 20.2. The molecule has 1 aromatic heterocycles. The average Bonchev–Trinajstić information content (AvgIpc) is 3.08. The van der Waals surface area contributed by atoms with Gasteiger partial charge in [0.15, 0.2) is 12.3 Å². The Hall–Kier alpha value is -2.90.